The average Bonchev–Trinajstić information content (AvgIpc) is 2.54. The van der Waals surface area contributed by atoms with E-state index in [-0.39, 0.29) is 12.5 Å². The average molecular weight is 285 g/mol. The molecule has 0 bridgehead atoms. The summed E-state index contributed by atoms with van der Waals surface area (Å²) in [6, 6.07) is 17.8. The molecule has 1 amide bonds. The largest absolute Gasteiger partial charge is 0.484 e. The number of ether oxygens (including phenoxy) is 2. The molecule has 2 aromatic rings. The molecule has 0 heterocycles. The zero-order valence-corrected chi connectivity index (χ0v) is 12.0. The first kappa shape index (κ1) is 15.1. The second-order valence-corrected chi connectivity index (χ2v) is 4.52. The fraction of sp³-hybridized carbons (Fsp3) is 0.235. The van der Waals surface area contributed by atoms with E-state index in [0.717, 1.165) is 11.1 Å². The van der Waals surface area contributed by atoms with Crippen LogP contribution in [0.3, 0.4) is 0 Å². The minimum absolute atomic E-state index is 0.00833. The molecule has 0 atom stereocenters. The number of rotatable bonds is 7. The Kier molecular flexibility index (Phi) is 5.79. The smallest absolute Gasteiger partial charge is 0.258 e. The number of amides is 1. The summed E-state index contributed by atoms with van der Waals surface area (Å²) in [7, 11) is 1.59. The minimum atomic E-state index is -0.154. The Morgan fingerprint density at radius 1 is 1.00 bits per heavy atom. The maximum atomic E-state index is 11.5. The van der Waals surface area contributed by atoms with E-state index in [9.17, 15) is 4.79 Å². The molecule has 0 saturated heterocycles. The van der Waals surface area contributed by atoms with E-state index in [0.29, 0.717) is 18.9 Å². The van der Waals surface area contributed by atoms with Gasteiger partial charge in [-0.05, 0) is 23.3 Å². The Hall–Kier alpha value is -2.33. The first-order valence-corrected chi connectivity index (χ1v) is 6.83. The van der Waals surface area contributed by atoms with E-state index >= 15 is 0 Å². The highest BCUT2D eigenvalue weighted by atomic mass is 16.5. The van der Waals surface area contributed by atoms with E-state index in [4.69, 9.17) is 9.47 Å². The molecule has 0 aromatic heterocycles. The van der Waals surface area contributed by atoms with E-state index in [1.807, 2.05) is 42.5 Å². The van der Waals surface area contributed by atoms with Gasteiger partial charge in [0.15, 0.2) is 6.61 Å². The normalized spacial score (nSPS) is 10.1. The number of hydrogen-bond donors (Lipinski definition) is 1. The van der Waals surface area contributed by atoms with Crippen LogP contribution in [0.15, 0.2) is 54.6 Å². The van der Waals surface area contributed by atoms with Crippen molar-refractivity contribution in [2.45, 2.75) is 0 Å². The molecule has 4 heteroatoms. The second-order valence-electron chi connectivity index (χ2n) is 4.52. The van der Waals surface area contributed by atoms with Gasteiger partial charge in [0.05, 0.1) is 6.61 Å². The lowest BCUT2D eigenvalue weighted by atomic mass is 10.1. The lowest BCUT2D eigenvalue weighted by molar-refractivity contribution is -0.123. The number of carbonyl (C=O) groups excluding carboxylic acids is 1. The molecule has 1 N–H and O–H groups in total. The highest BCUT2D eigenvalue weighted by Crippen LogP contribution is 2.21. The maximum Gasteiger partial charge on any atom is 0.258 e. The number of carbonyl (C=O) groups is 1. The summed E-state index contributed by atoms with van der Waals surface area (Å²) in [4.78, 5) is 11.5. The van der Waals surface area contributed by atoms with Crippen LogP contribution in [0, 0.1) is 0 Å². The Bertz CT molecular complexity index is 552. The molecular weight excluding hydrogens is 266 g/mol. The van der Waals surface area contributed by atoms with E-state index < -0.39 is 0 Å². The van der Waals surface area contributed by atoms with Crippen molar-refractivity contribution < 1.29 is 14.3 Å². The van der Waals surface area contributed by atoms with Gasteiger partial charge in [0.1, 0.15) is 5.75 Å². The Labute approximate surface area is 124 Å². The van der Waals surface area contributed by atoms with Crippen molar-refractivity contribution in [2.24, 2.45) is 0 Å². The number of nitrogens with one attached hydrogen (secondary N) is 1. The molecule has 110 valence electrons. The van der Waals surface area contributed by atoms with Gasteiger partial charge in [-0.3, -0.25) is 4.79 Å². The van der Waals surface area contributed by atoms with Gasteiger partial charge in [-0.15, -0.1) is 0 Å². The van der Waals surface area contributed by atoms with Crippen molar-refractivity contribution in [3.05, 3.63) is 54.6 Å². The fourth-order valence-corrected chi connectivity index (χ4v) is 1.87. The predicted octanol–water partition coefficient (Wildman–Crippen LogP) is 2.50. The molecule has 2 aromatic carbocycles. The Morgan fingerprint density at radius 3 is 2.33 bits per heavy atom. The Balaban J connectivity index is 1.84. The lowest BCUT2D eigenvalue weighted by Crippen LogP contribution is -2.31. The third-order valence-corrected chi connectivity index (χ3v) is 2.96. The third-order valence-electron chi connectivity index (χ3n) is 2.96. The standard InChI is InChI=1S/C17H19NO3/c1-20-12-11-18-17(19)13-21-16-9-7-15(8-10-16)14-5-3-2-4-6-14/h2-10H,11-13H2,1H3,(H,18,19). The summed E-state index contributed by atoms with van der Waals surface area (Å²) in [5, 5.41) is 2.70. The van der Waals surface area contributed by atoms with Crippen LogP contribution in [0.1, 0.15) is 0 Å². The summed E-state index contributed by atoms with van der Waals surface area (Å²) in [6.07, 6.45) is 0. The van der Waals surface area contributed by atoms with Crippen LogP contribution in [0.25, 0.3) is 11.1 Å². The fourth-order valence-electron chi connectivity index (χ4n) is 1.87. The zero-order valence-electron chi connectivity index (χ0n) is 12.0. The first-order chi connectivity index (χ1) is 10.3. The van der Waals surface area contributed by atoms with Crippen LogP contribution in [0.4, 0.5) is 0 Å². The quantitative estimate of drug-likeness (QED) is 0.795. The monoisotopic (exact) mass is 285 g/mol. The minimum Gasteiger partial charge on any atom is -0.484 e. The molecule has 0 aliphatic carbocycles. The van der Waals surface area contributed by atoms with Gasteiger partial charge in [0.2, 0.25) is 0 Å². The highest BCUT2D eigenvalue weighted by molar-refractivity contribution is 5.77. The summed E-state index contributed by atoms with van der Waals surface area (Å²) in [5.74, 6) is 0.524. The first-order valence-electron chi connectivity index (χ1n) is 6.83. The van der Waals surface area contributed by atoms with Crippen LogP contribution in [-0.4, -0.2) is 32.8 Å². The van der Waals surface area contributed by atoms with Crippen molar-refractivity contribution in [1.82, 2.24) is 5.32 Å². The summed E-state index contributed by atoms with van der Waals surface area (Å²) < 4.78 is 10.3. The summed E-state index contributed by atoms with van der Waals surface area (Å²) >= 11 is 0. The van der Waals surface area contributed by atoms with Gasteiger partial charge in [0, 0.05) is 13.7 Å². The van der Waals surface area contributed by atoms with Crippen molar-refractivity contribution in [1.29, 1.82) is 0 Å². The number of methoxy groups -OCH3 is 1. The predicted molar refractivity (Wildman–Crippen MR) is 82.3 cm³/mol. The maximum absolute atomic E-state index is 11.5. The second kappa shape index (κ2) is 8.07. The van der Waals surface area contributed by atoms with Crippen LogP contribution in [0.5, 0.6) is 5.75 Å². The van der Waals surface area contributed by atoms with Crippen LogP contribution >= 0.6 is 0 Å². The van der Waals surface area contributed by atoms with Gasteiger partial charge < -0.3 is 14.8 Å². The highest BCUT2D eigenvalue weighted by Gasteiger charge is 2.02. The van der Waals surface area contributed by atoms with Crippen molar-refractivity contribution in [2.75, 3.05) is 26.9 Å². The topological polar surface area (TPSA) is 47.6 Å². The number of benzene rings is 2. The molecule has 0 aliphatic rings. The van der Waals surface area contributed by atoms with Gasteiger partial charge in [-0.1, -0.05) is 42.5 Å². The van der Waals surface area contributed by atoms with E-state index in [2.05, 4.69) is 17.4 Å². The molecule has 0 radical (unpaired) electrons. The van der Waals surface area contributed by atoms with Gasteiger partial charge >= 0.3 is 0 Å². The van der Waals surface area contributed by atoms with E-state index in [1.54, 1.807) is 7.11 Å². The molecule has 4 nitrogen and oxygen atoms in total. The van der Waals surface area contributed by atoms with Gasteiger partial charge in [-0.2, -0.15) is 0 Å². The Morgan fingerprint density at radius 2 is 1.67 bits per heavy atom. The zero-order chi connectivity index (χ0) is 14.9. The van der Waals surface area contributed by atoms with Crippen molar-refractivity contribution >= 4 is 5.91 Å². The molecule has 21 heavy (non-hydrogen) atoms. The molecule has 0 spiro atoms. The van der Waals surface area contributed by atoms with Crippen molar-refractivity contribution in [3.8, 4) is 16.9 Å². The molecule has 0 fully saturated rings. The van der Waals surface area contributed by atoms with Gasteiger partial charge in [-0.25, -0.2) is 0 Å². The van der Waals surface area contributed by atoms with Crippen LogP contribution in [0.2, 0.25) is 0 Å². The molecule has 2 rings (SSSR count). The molecule has 0 aliphatic heterocycles. The molecular formula is C17H19NO3. The SMILES string of the molecule is COCCNC(=O)COc1ccc(-c2ccccc2)cc1. The third kappa shape index (κ3) is 4.93. The molecule has 0 unspecified atom stereocenters. The molecule has 0 saturated carbocycles. The van der Waals surface area contributed by atoms with Crippen LogP contribution < -0.4 is 10.1 Å². The number of hydrogen-bond acceptors (Lipinski definition) is 3. The van der Waals surface area contributed by atoms with Crippen molar-refractivity contribution in [3.63, 3.8) is 0 Å². The summed E-state index contributed by atoms with van der Waals surface area (Å²) in [5.41, 5.74) is 2.27. The van der Waals surface area contributed by atoms with E-state index in [1.165, 1.54) is 0 Å². The lowest BCUT2D eigenvalue weighted by Gasteiger charge is -2.08. The summed E-state index contributed by atoms with van der Waals surface area (Å²) in [6.45, 7) is 0.998. The van der Waals surface area contributed by atoms with Gasteiger partial charge in [0.25, 0.3) is 5.91 Å². The van der Waals surface area contributed by atoms with Crippen LogP contribution in [-0.2, 0) is 9.53 Å².